The monoisotopic (exact) mass is 323 g/mol. The highest BCUT2D eigenvalue weighted by Crippen LogP contribution is 2.17. The first-order valence-corrected chi connectivity index (χ1v) is 8.79. The molecule has 2 aromatic heterocycles. The number of urea groups is 1. The van der Waals surface area contributed by atoms with Crippen molar-refractivity contribution >= 4 is 28.7 Å². The van der Waals surface area contributed by atoms with E-state index in [1.54, 1.807) is 22.7 Å². The molecular formula is C15H21N3OS2. The summed E-state index contributed by atoms with van der Waals surface area (Å²) in [6.07, 6.45) is 1.70. The standard InChI is InChI=1S/C15H21N3OS2/c1-10(8-13-5-7-20-9-13)17-15(19)16-6-4-14-11(2)18-12(3)21-14/h5,7,9-10H,4,6,8H2,1-3H3,(H2,16,17,19)/t10-/m1/s1. The first-order valence-electron chi connectivity index (χ1n) is 7.03. The highest BCUT2D eigenvalue weighted by atomic mass is 32.1. The smallest absolute Gasteiger partial charge is 0.315 e. The number of amides is 2. The number of thiophene rings is 1. The molecule has 0 aliphatic carbocycles. The molecule has 2 aromatic rings. The molecule has 0 aromatic carbocycles. The van der Waals surface area contributed by atoms with Gasteiger partial charge in [0, 0.05) is 23.9 Å². The summed E-state index contributed by atoms with van der Waals surface area (Å²) >= 11 is 3.38. The molecule has 2 N–H and O–H groups in total. The zero-order valence-electron chi connectivity index (χ0n) is 12.6. The summed E-state index contributed by atoms with van der Waals surface area (Å²) in [5.74, 6) is 0. The Morgan fingerprint density at radius 3 is 2.86 bits per heavy atom. The van der Waals surface area contributed by atoms with E-state index in [1.165, 1.54) is 10.4 Å². The van der Waals surface area contributed by atoms with E-state index in [4.69, 9.17) is 0 Å². The van der Waals surface area contributed by atoms with Crippen LogP contribution in [0.25, 0.3) is 0 Å². The molecule has 2 rings (SSSR count). The van der Waals surface area contributed by atoms with Crippen LogP contribution < -0.4 is 10.6 Å². The normalized spacial score (nSPS) is 12.1. The van der Waals surface area contributed by atoms with Crippen molar-refractivity contribution in [3.8, 4) is 0 Å². The highest BCUT2D eigenvalue weighted by Gasteiger charge is 2.09. The average Bonchev–Trinajstić information content (AvgIpc) is 2.99. The minimum Gasteiger partial charge on any atom is -0.338 e. The molecule has 0 fully saturated rings. The number of carbonyl (C=O) groups excluding carboxylic acids is 1. The van der Waals surface area contributed by atoms with Crippen molar-refractivity contribution in [2.45, 2.75) is 39.7 Å². The van der Waals surface area contributed by atoms with Gasteiger partial charge < -0.3 is 10.6 Å². The van der Waals surface area contributed by atoms with Crippen molar-refractivity contribution < 1.29 is 4.79 Å². The van der Waals surface area contributed by atoms with Gasteiger partial charge in [0.2, 0.25) is 0 Å². The topological polar surface area (TPSA) is 54.0 Å². The molecule has 0 bridgehead atoms. The molecule has 0 aliphatic heterocycles. The first kappa shape index (κ1) is 16.0. The minimum atomic E-state index is -0.100. The third kappa shape index (κ3) is 5.13. The van der Waals surface area contributed by atoms with Gasteiger partial charge in [0.15, 0.2) is 0 Å². The number of nitrogens with one attached hydrogen (secondary N) is 2. The Morgan fingerprint density at radius 2 is 2.24 bits per heavy atom. The molecule has 0 aliphatic rings. The number of rotatable bonds is 6. The first-order chi connectivity index (χ1) is 10.0. The van der Waals surface area contributed by atoms with E-state index in [0.717, 1.165) is 23.5 Å². The summed E-state index contributed by atoms with van der Waals surface area (Å²) in [5, 5.41) is 11.1. The van der Waals surface area contributed by atoms with Gasteiger partial charge in [-0.15, -0.1) is 11.3 Å². The maximum Gasteiger partial charge on any atom is 0.315 e. The molecule has 0 spiro atoms. The van der Waals surface area contributed by atoms with Gasteiger partial charge in [-0.25, -0.2) is 9.78 Å². The predicted octanol–water partition coefficient (Wildman–Crippen LogP) is 3.29. The lowest BCUT2D eigenvalue weighted by Gasteiger charge is -2.13. The molecule has 2 heterocycles. The van der Waals surface area contributed by atoms with Crippen molar-refractivity contribution in [3.05, 3.63) is 38.0 Å². The summed E-state index contributed by atoms with van der Waals surface area (Å²) in [4.78, 5) is 17.5. The second kappa shape index (κ2) is 7.56. The number of thiazole rings is 1. The number of hydrogen-bond acceptors (Lipinski definition) is 4. The van der Waals surface area contributed by atoms with Crippen molar-refractivity contribution in [2.75, 3.05) is 6.54 Å². The van der Waals surface area contributed by atoms with Crippen LogP contribution in [-0.4, -0.2) is 23.6 Å². The molecule has 1 atom stereocenters. The number of hydrogen-bond donors (Lipinski definition) is 2. The van der Waals surface area contributed by atoms with E-state index in [-0.39, 0.29) is 12.1 Å². The molecule has 4 nitrogen and oxygen atoms in total. The van der Waals surface area contributed by atoms with Crippen molar-refractivity contribution in [1.82, 2.24) is 15.6 Å². The lowest BCUT2D eigenvalue weighted by atomic mass is 10.1. The second-order valence-corrected chi connectivity index (χ2v) is 7.20. The Hall–Kier alpha value is -1.40. The zero-order chi connectivity index (χ0) is 15.2. The van der Waals surface area contributed by atoms with E-state index in [2.05, 4.69) is 32.4 Å². The van der Waals surface area contributed by atoms with E-state index >= 15 is 0 Å². The fourth-order valence-corrected chi connectivity index (χ4v) is 3.80. The van der Waals surface area contributed by atoms with E-state index < -0.39 is 0 Å². The largest absolute Gasteiger partial charge is 0.338 e. The molecule has 6 heteroatoms. The SMILES string of the molecule is Cc1nc(C)c(CCNC(=O)N[C@H](C)Cc2ccsc2)s1. The molecular weight excluding hydrogens is 302 g/mol. The van der Waals surface area contributed by atoms with E-state index in [1.807, 2.05) is 20.8 Å². The Labute approximate surface area is 133 Å². The summed E-state index contributed by atoms with van der Waals surface area (Å²) < 4.78 is 0. The van der Waals surface area contributed by atoms with Crippen LogP contribution in [0, 0.1) is 13.8 Å². The van der Waals surface area contributed by atoms with Gasteiger partial charge in [-0.3, -0.25) is 0 Å². The number of carbonyl (C=O) groups is 1. The minimum absolute atomic E-state index is 0.100. The molecule has 2 amide bonds. The van der Waals surface area contributed by atoms with Crippen LogP contribution in [0.3, 0.4) is 0 Å². The number of aryl methyl sites for hydroxylation is 2. The van der Waals surface area contributed by atoms with Gasteiger partial charge in [0.05, 0.1) is 10.7 Å². The Morgan fingerprint density at radius 1 is 1.43 bits per heavy atom. The van der Waals surface area contributed by atoms with Gasteiger partial charge in [0.25, 0.3) is 0 Å². The van der Waals surface area contributed by atoms with E-state index in [9.17, 15) is 4.79 Å². The lowest BCUT2D eigenvalue weighted by Crippen LogP contribution is -2.42. The molecule has 0 saturated heterocycles. The number of aromatic nitrogens is 1. The fourth-order valence-electron chi connectivity index (χ4n) is 2.18. The predicted molar refractivity (Wildman–Crippen MR) is 89.3 cm³/mol. The molecule has 21 heavy (non-hydrogen) atoms. The van der Waals surface area contributed by atoms with Crippen LogP contribution in [-0.2, 0) is 12.8 Å². The van der Waals surface area contributed by atoms with Crippen molar-refractivity contribution in [1.29, 1.82) is 0 Å². The Kier molecular flexibility index (Phi) is 5.76. The maximum absolute atomic E-state index is 11.8. The van der Waals surface area contributed by atoms with Crippen LogP contribution in [0.2, 0.25) is 0 Å². The number of nitrogens with zero attached hydrogens (tertiary/aromatic N) is 1. The average molecular weight is 323 g/mol. The van der Waals surface area contributed by atoms with Crippen molar-refractivity contribution in [3.63, 3.8) is 0 Å². The van der Waals surface area contributed by atoms with Crippen LogP contribution in [0.15, 0.2) is 16.8 Å². The summed E-state index contributed by atoms with van der Waals surface area (Å²) in [6.45, 7) is 6.68. The quantitative estimate of drug-likeness (QED) is 0.857. The zero-order valence-corrected chi connectivity index (χ0v) is 14.2. The third-order valence-electron chi connectivity index (χ3n) is 3.14. The van der Waals surface area contributed by atoms with Gasteiger partial charge >= 0.3 is 6.03 Å². The second-order valence-electron chi connectivity index (χ2n) is 5.13. The molecule has 114 valence electrons. The van der Waals surface area contributed by atoms with Crippen LogP contribution >= 0.6 is 22.7 Å². The maximum atomic E-state index is 11.8. The fraction of sp³-hybridized carbons (Fsp3) is 0.467. The van der Waals surface area contributed by atoms with Crippen LogP contribution in [0.5, 0.6) is 0 Å². The van der Waals surface area contributed by atoms with Gasteiger partial charge in [-0.1, -0.05) is 0 Å². The highest BCUT2D eigenvalue weighted by molar-refractivity contribution is 7.11. The Balaban J connectivity index is 1.68. The van der Waals surface area contributed by atoms with Gasteiger partial charge in [-0.2, -0.15) is 11.3 Å². The van der Waals surface area contributed by atoms with E-state index in [0.29, 0.717) is 6.54 Å². The summed E-state index contributed by atoms with van der Waals surface area (Å²) in [5.41, 5.74) is 2.34. The van der Waals surface area contributed by atoms with Crippen molar-refractivity contribution in [2.24, 2.45) is 0 Å². The Bertz CT molecular complexity index is 578. The summed E-state index contributed by atoms with van der Waals surface area (Å²) in [6, 6.07) is 2.12. The van der Waals surface area contributed by atoms with Gasteiger partial charge in [0.1, 0.15) is 0 Å². The van der Waals surface area contributed by atoms with Gasteiger partial charge in [-0.05, 0) is 49.6 Å². The third-order valence-corrected chi connectivity index (χ3v) is 5.00. The lowest BCUT2D eigenvalue weighted by molar-refractivity contribution is 0.238. The summed E-state index contributed by atoms with van der Waals surface area (Å²) in [7, 11) is 0. The molecule has 0 saturated carbocycles. The molecule has 0 radical (unpaired) electrons. The molecule has 0 unspecified atom stereocenters. The van der Waals surface area contributed by atoms with Crippen LogP contribution in [0.1, 0.15) is 28.1 Å². The van der Waals surface area contributed by atoms with Crippen LogP contribution in [0.4, 0.5) is 4.79 Å².